The second-order valence-electron chi connectivity index (χ2n) is 7.04. The Balaban J connectivity index is 1.64. The Morgan fingerprint density at radius 2 is 2.00 bits per heavy atom. The van der Waals surface area contributed by atoms with E-state index in [0.717, 1.165) is 16.5 Å². The maximum atomic E-state index is 13.0. The molecule has 1 aromatic carbocycles. The molecule has 0 radical (unpaired) electrons. The van der Waals surface area contributed by atoms with Gasteiger partial charge in [-0.1, -0.05) is 17.7 Å². The summed E-state index contributed by atoms with van der Waals surface area (Å²) in [6.07, 6.45) is 3.39. The molecule has 6 nitrogen and oxygen atoms in total. The van der Waals surface area contributed by atoms with Crippen molar-refractivity contribution in [1.82, 2.24) is 14.9 Å². The highest BCUT2D eigenvalue weighted by Gasteiger charge is 2.18. The van der Waals surface area contributed by atoms with Gasteiger partial charge in [-0.3, -0.25) is 14.6 Å². The molecular formula is C23H21N3O3. The van der Waals surface area contributed by atoms with Gasteiger partial charge in [0.1, 0.15) is 5.76 Å². The number of H-pyrrole nitrogens is 1. The number of furan rings is 1. The van der Waals surface area contributed by atoms with Crippen LogP contribution in [0.15, 0.2) is 76.3 Å². The zero-order valence-electron chi connectivity index (χ0n) is 16.1. The number of rotatable bonds is 6. The number of aromatic nitrogens is 2. The first-order valence-corrected chi connectivity index (χ1v) is 9.41. The van der Waals surface area contributed by atoms with Gasteiger partial charge in [0.15, 0.2) is 0 Å². The van der Waals surface area contributed by atoms with Gasteiger partial charge in [0.25, 0.3) is 5.56 Å². The predicted molar refractivity (Wildman–Crippen MR) is 110 cm³/mol. The summed E-state index contributed by atoms with van der Waals surface area (Å²) in [5.41, 5.74) is 2.90. The average molecular weight is 387 g/mol. The fraction of sp³-hybridized carbons (Fsp3) is 0.174. The minimum Gasteiger partial charge on any atom is -0.467 e. The van der Waals surface area contributed by atoms with Gasteiger partial charge in [0.05, 0.1) is 25.8 Å². The van der Waals surface area contributed by atoms with Gasteiger partial charge >= 0.3 is 0 Å². The van der Waals surface area contributed by atoms with Crippen LogP contribution in [0.3, 0.4) is 0 Å². The Labute approximate surface area is 167 Å². The van der Waals surface area contributed by atoms with Crippen molar-refractivity contribution < 1.29 is 9.21 Å². The maximum Gasteiger partial charge on any atom is 0.253 e. The highest BCUT2D eigenvalue weighted by atomic mass is 16.3. The molecule has 3 aromatic heterocycles. The van der Waals surface area contributed by atoms with Crippen LogP contribution in [0.25, 0.3) is 10.9 Å². The molecule has 0 saturated heterocycles. The fourth-order valence-corrected chi connectivity index (χ4v) is 3.29. The van der Waals surface area contributed by atoms with Crippen molar-refractivity contribution >= 4 is 16.8 Å². The molecule has 0 aliphatic carbocycles. The standard InChI is InChI=1S/C23H21N3O3/c1-16-7-8-21-17(11-16)12-18(23(28)25-21)14-26(15-20-6-4-10-29-20)22(27)13-19-5-2-3-9-24-19/h2-12H,13-15H2,1H3,(H,25,28). The third-order valence-electron chi connectivity index (χ3n) is 4.78. The van der Waals surface area contributed by atoms with Gasteiger partial charge in [0.2, 0.25) is 5.91 Å². The number of aromatic amines is 1. The lowest BCUT2D eigenvalue weighted by Gasteiger charge is -2.21. The van der Waals surface area contributed by atoms with Gasteiger partial charge in [-0.05, 0) is 54.8 Å². The molecule has 146 valence electrons. The summed E-state index contributed by atoms with van der Waals surface area (Å²) in [5, 5.41) is 0.940. The van der Waals surface area contributed by atoms with E-state index in [1.807, 2.05) is 55.5 Å². The molecule has 29 heavy (non-hydrogen) atoms. The van der Waals surface area contributed by atoms with Crippen LogP contribution in [0.4, 0.5) is 0 Å². The van der Waals surface area contributed by atoms with Gasteiger partial charge in [-0.25, -0.2) is 0 Å². The number of carbonyl (C=O) groups excluding carboxylic acids is 1. The molecule has 4 rings (SSSR count). The minimum atomic E-state index is -0.198. The second kappa shape index (κ2) is 8.14. The van der Waals surface area contributed by atoms with Crippen molar-refractivity contribution in [3.8, 4) is 0 Å². The van der Waals surface area contributed by atoms with Crippen molar-refractivity contribution in [2.45, 2.75) is 26.4 Å². The topological polar surface area (TPSA) is 79.2 Å². The van der Waals surface area contributed by atoms with Crippen LogP contribution in [0, 0.1) is 6.92 Å². The number of pyridine rings is 2. The number of hydrogen-bond donors (Lipinski definition) is 1. The van der Waals surface area contributed by atoms with E-state index in [-0.39, 0.29) is 31.0 Å². The van der Waals surface area contributed by atoms with Gasteiger partial charge in [-0.15, -0.1) is 0 Å². The van der Waals surface area contributed by atoms with E-state index < -0.39 is 0 Å². The van der Waals surface area contributed by atoms with E-state index in [2.05, 4.69) is 9.97 Å². The lowest BCUT2D eigenvalue weighted by Crippen LogP contribution is -2.33. The number of carbonyl (C=O) groups is 1. The number of amides is 1. The maximum absolute atomic E-state index is 13.0. The third kappa shape index (κ3) is 4.43. The van der Waals surface area contributed by atoms with Crippen molar-refractivity contribution in [2.24, 2.45) is 0 Å². The Bertz CT molecular complexity index is 1180. The molecule has 0 aliphatic heterocycles. The first-order chi connectivity index (χ1) is 14.1. The first-order valence-electron chi connectivity index (χ1n) is 9.41. The van der Waals surface area contributed by atoms with E-state index >= 15 is 0 Å². The van der Waals surface area contributed by atoms with Crippen molar-refractivity contribution in [1.29, 1.82) is 0 Å². The van der Waals surface area contributed by atoms with Crippen LogP contribution in [0.5, 0.6) is 0 Å². The van der Waals surface area contributed by atoms with Crippen LogP contribution in [-0.4, -0.2) is 20.8 Å². The number of nitrogens with zero attached hydrogens (tertiary/aromatic N) is 2. The zero-order chi connectivity index (χ0) is 20.2. The van der Waals surface area contributed by atoms with E-state index in [0.29, 0.717) is 17.0 Å². The summed E-state index contributed by atoms with van der Waals surface area (Å²) in [5.74, 6) is 0.538. The summed E-state index contributed by atoms with van der Waals surface area (Å²) in [7, 11) is 0. The molecular weight excluding hydrogens is 366 g/mol. The quantitative estimate of drug-likeness (QED) is 0.548. The summed E-state index contributed by atoms with van der Waals surface area (Å²) >= 11 is 0. The first kappa shape index (κ1) is 18.7. The van der Waals surface area contributed by atoms with Crippen LogP contribution >= 0.6 is 0 Å². The van der Waals surface area contributed by atoms with Gasteiger partial charge in [0, 0.05) is 23.0 Å². The minimum absolute atomic E-state index is 0.121. The second-order valence-corrected chi connectivity index (χ2v) is 7.04. The summed E-state index contributed by atoms with van der Waals surface area (Å²) in [6.45, 7) is 2.47. The van der Waals surface area contributed by atoms with Crippen LogP contribution in [0.2, 0.25) is 0 Å². The molecule has 0 fully saturated rings. The summed E-state index contributed by atoms with van der Waals surface area (Å²) in [4.78, 5) is 34.4. The Morgan fingerprint density at radius 3 is 2.76 bits per heavy atom. The van der Waals surface area contributed by atoms with Crippen molar-refractivity contribution in [2.75, 3.05) is 0 Å². The molecule has 3 heterocycles. The molecule has 0 saturated carbocycles. The van der Waals surface area contributed by atoms with Crippen molar-refractivity contribution in [3.63, 3.8) is 0 Å². The Morgan fingerprint density at radius 1 is 1.10 bits per heavy atom. The largest absolute Gasteiger partial charge is 0.467 e. The highest BCUT2D eigenvalue weighted by Crippen LogP contribution is 2.16. The molecule has 0 spiro atoms. The molecule has 0 bridgehead atoms. The SMILES string of the molecule is Cc1ccc2[nH]c(=O)c(CN(Cc3ccco3)C(=O)Cc3ccccn3)cc2c1. The third-order valence-corrected chi connectivity index (χ3v) is 4.78. The van der Waals surface area contributed by atoms with Gasteiger partial charge in [-0.2, -0.15) is 0 Å². The number of benzene rings is 1. The monoisotopic (exact) mass is 387 g/mol. The Hall–Kier alpha value is -3.67. The van der Waals surface area contributed by atoms with E-state index in [9.17, 15) is 9.59 Å². The van der Waals surface area contributed by atoms with Crippen LogP contribution in [0.1, 0.15) is 22.6 Å². The molecule has 4 aromatic rings. The normalized spacial score (nSPS) is 10.9. The molecule has 6 heteroatoms. The average Bonchev–Trinajstić information content (AvgIpc) is 3.22. The number of nitrogens with one attached hydrogen (secondary N) is 1. The van der Waals surface area contributed by atoms with Crippen molar-refractivity contribution in [3.05, 3.63) is 100.0 Å². The zero-order valence-corrected chi connectivity index (χ0v) is 16.1. The molecule has 0 atom stereocenters. The van der Waals surface area contributed by atoms with Crippen LogP contribution in [-0.2, 0) is 24.3 Å². The lowest BCUT2D eigenvalue weighted by molar-refractivity contribution is -0.132. The predicted octanol–water partition coefficient (Wildman–Crippen LogP) is 3.60. The highest BCUT2D eigenvalue weighted by molar-refractivity contribution is 5.80. The molecule has 1 amide bonds. The summed E-state index contributed by atoms with van der Waals surface area (Å²) < 4.78 is 5.42. The Kier molecular flexibility index (Phi) is 5.24. The summed E-state index contributed by atoms with van der Waals surface area (Å²) in [6, 6.07) is 16.8. The van der Waals surface area contributed by atoms with Crippen LogP contribution < -0.4 is 5.56 Å². The lowest BCUT2D eigenvalue weighted by atomic mass is 10.1. The van der Waals surface area contributed by atoms with E-state index in [1.165, 1.54) is 0 Å². The fourth-order valence-electron chi connectivity index (χ4n) is 3.29. The van der Waals surface area contributed by atoms with E-state index in [4.69, 9.17) is 4.42 Å². The number of aryl methyl sites for hydroxylation is 1. The number of hydrogen-bond acceptors (Lipinski definition) is 4. The number of fused-ring (bicyclic) bond motifs is 1. The van der Waals surface area contributed by atoms with E-state index in [1.54, 1.807) is 23.4 Å². The van der Waals surface area contributed by atoms with Gasteiger partial charge < -0.3 is 14.3 Å². The molecule has 1 N–H and O–H groups in total. The molecule has 0 aliphatic rings. The molecule has 0 unspecified atom stereocenters. The smallest absolute Gasteiger partial charge is 0.253 e.